The van der Waals surface area contributed by atoms with Gasteiger partial charge in [0.1, 0.15) is 35.7 Å². The fourth-order valence-corrected chi connectivity index (χ4v) is 9.05. The van der Waals surface area contributed by atoms with E-state index in [0.717, 1.165) is 11.1 Å². The number of rotatable bonds is 14. The molecule has 4 aromatic heterocycles. The predicted octanol–water partition coefficient (Wildman–Crippen LogP) is 7.42. The molecule has 0 amide bonds. The van der Waals surface area contributed by atoms with E-state index in [4.69, 9.17) is 64.2 Å². The summed E-state index contributed by atoms with van der Waals surface area (Å²) >= 11 is 18.4. The van der Waals surface area contributed by atoms with Crippen LogP contribution >= 0.6 is 34.8 Å². The molecule has 0 radical (unpaired) electrons. The molecule has 3 aromatic carbocycles. The molecule has 2 aliphatic rings. The zero-order valence-corrected chi connectivity index (χ0v) is 38.4. The molecule has 7 aromatic rings. The van der Waals surface area contributed by atoms with Gasteiger partial charge in [0.15, 0.2) is 22.3 Å². The van der Waals surface area contributed by atoms with Crippen LogP contribution in [0.5, 0.6) is 0 Å². The zero-order chi connectivity index (χ0) is 46.6. The Morgan fingerprint density at radius 1 is 0.727 bits per heavy atom. The first-order valence-electron chi connectivity index (χ1n) is 21.1. The van der Waals surface area contributed by atoms with Crippen molar-refractivity contribution in [2.75, 3.05) is 25.6 Å². The number of nitrogens with two attached hydrogens (primary N) is 1. The molecule has 6 heterocycles. The van der Waals surface area contributed by atoms with Crippen molar-refractivity contribution in [3.05, 3.63) is 136 Å². The summed E-state index contributed by atoms with van der Waals surface area (Å²) in [6, 6.07) is 28.5. The lowest BCUT2D eigenvalue weighted by Gasteiger charge is -2.35. The van der Waals surface area contributed by atoms with Gasteiger partial charge in [-0.15, -0.1) is 0 Å². The molecule has 346 valence electrons. The second-order valence-electron chi connectivity index (χ2n) is 16.6. The number of halogens is 3. The molecule has 8 atom stereocenters. The number of hydrogen-bond acceptors (Lipinski definition) is 15. The molecule has 0 aliphatic carbocycles. The second-order valence-corrected chi connectivity index (χ2v) is 17.6. The Balaban J connectivity index is 0.000000185. The van der Waals surface area contributed by atoms with Crippen LogP contribution in [0.3, 0.4) is 0 Å². The maximum atomic E-state index is 13.1. The van der Waals surface area contributed by atoms with E-state index in [0.29, 0.717) is 47.5 Å². The van der Waals surface area contributed by atoms with Crippen LogP contribution in [0.15, 0.2) is 104 Å². The van der Waals surface area contributed by atoms with Gasteiger partial charge in [-0.3, -0.25) is 9.13 Å². The van der Waals surface area contributed by atoms with Crippen molar-refractivity contribution >= 4 is 68.9 Å². The first-order chi connectivity index (χ1) is 31.8. The van der Waals surface area contributed by atoms with Crippen LogP contribution in [-0.4, -0.2) is 99.5 Å². The Morgan fingerprint density at radius 3 is 1.80 bits per heavy atom. The van der Waals surface area contributed by atoms with Gasteiger partial charge in [0.2, 0.25) is 10.6 Å². The van der Waals surface area contributed by atoms with Gasteiger partial charge in [0.05, 0.1) is 74.3 Å². The Kier molecular flexibility index (Phi) is 14.5. The van der Waals surface area contributed by atoms with Crippen LogP contribution in [0.4, 0.5) is 5.82 Å². The van der Waals surface area contributed by atoms with Crippen molar-refractivity contribution in [1.29, 1.82) is 0 Å². The smallest absolute Gasteiger partial charge is 0.338 e. The number of aliphatic hydroxyl groups excluding tert-OH is 2. The van der Waals surface area contributed by atoms with Crippen LogP contribution in [0.25, 0.3) is 22.3 Å². The third kappa shape index (κ3) is 9.58. The summed E-state index contributed by atoms with van der Waals surface area (Å²) in [6.07, 6.45) is -0.383. The minimum atomic E-state index is -0.972. The van der Waals surface area contributed by atoms with Crippen molar-refractivity contribution in [1.82, 2.24) is 39.0 Å². The van der Waals surface area contributed by atoms with E-state index in [9.17, 15) is 15.0 Å². The van der Waals surface area contributed by atoms with E-state index in [1.54, 1.807) is 39.7 Å². The van der Waals surface area contributed by atoms with Crippen molar-refractivity contribution in [2.24, 2.45) is 10.8 Å². The second kappa shape index (κ2) is 20.3. The number of fused-ring (bicyclic) bond motifs is 2. The number of nitrogens with zero attached hydrogens (tertiary/aromatic N) is 8. The van der Waals surface area contributed by atoms with E-state index in [1.807, 2.05) is 87.5 Å². The third-order valence-electron chi connectivity index (χ3n) is 11.9. The number of aliphatic hydroxyl groups is 2. The number of aromatic nitrogens is 8. The number of carbonyl (C=O) groups excluding carboxylic acids is 1. The summed E-state index contributed by atoms with van der Waals surface area (Å²) in [5.74, 6) is -0.274. The molecular weight excluding hydrogens is 913 g/mol. The fourth-order valence-electron chi connectivity index (χ4n) is 8.46. The Morgan fingerprint density at radius 2 is 1.23 bits per heavy atom. The number of carbonyl (C=O) groups is 1. The van der Waals surface area contributed by atoms with E-state index < -0.39 is 53.7 Å². The molecule has 2 fully saturated rings. The monoisotopic (exact) mass is 959 g/mol. The Labute approximate surface area is 394 Å². The molecule has 0 bridgehead atoms. The lowest BCUT2D eigenvalue weighted by molar-refractivity contribution is -0.0742. The van der Waals surface area contributed by atoms with Crippen molar-refractivity contribution in [3.8, 4) is 0 Å². The highest BCUT2D eigenvalue weighted by Crippen LogP contribution is 2.50. The average molecular weight is 961 g/mol. The zero-order valence-electron chi connectivity index (χ0n) is 36.2. The topological polar surface area (TPSA) is 217 Å². The third-order valence-corrected chi connectivity index (χ3v) is 12.5. The number of imidazole rings is 2. The van der Waals surface area contributed by atoms with Crippen molar-refractivity contribution in [2.45, 2.75) is 77.3 Å². The summed E-state index contributed by atoms with van der Waals surface area (Å²) in [5, 5.41) is 20.7. The van der Waals surface area contributed by atoms with Gasteiger partial charge in [-0.2, -0.15) is 15.0 Å². The average Bonchev–Trinajstić information content (AvgIpc) is 4.06. The van der Waals surface area contributed by atoms with Crippen LogP contribution < -0.4 is 5.73 Å². The molecule has 9 rings (SSSR count). The first kappa shape index (κ1) is 47.2. The van der Waals surface area contributed by atoms with E-state index >= 15 is 0 Å². The van der Waals surface area contributed by atoms with Crippen LogP contribution in [0.1, 0.15) is 61.1 Å². The van der Waals surface area contributed by atoms with Gasteiger partial charge in [-0.25, -0.2) is 19.7 Å². The van der Waals surface area contributed by atoms with Crippen LogP contribution in [0, 0.1) is 10.8 Å². The minimum absolute atomic E-state index is 0.00151. The first-order valence-corrected chi connectivity index (χ1v) is 22.3. The highest BCUT2D eigenvalue weighted by Gasteiger charge is 2.57. The number of nitrogen functional groups attached to an aromatic ring is 1. The number of anilines is 1. The van der Waals surface area contributed by atoms with Gasteiger partial charge in [0.25, 0.3) is 0 Å². The van der Waals surface area contributed by atoms with Gasteiger partial charge in [-0.05, 0) is 59.8 Å². The van der Waals surface area contributed by atoms with E-state index in [1.165, 1.54) is 6.33 Å². The molecule has 20 heteroatoms. The molecule has 17 nitrogen and oxygen atoms in total. The highest BCUT2D eigenvalue weighted by molar-refractivity contribution is 6.35. The summed E-state index contributed by atoms with van der Waals surface area (Å²) in [6.45, 7) is 6.66. The van der Waals surface area contributed by atoms with Crippen LogP contribution in [0.2, 0.25) is 15.7 Å². The molecular formula is C46H48Cl3N9O8. The normalized spacial score (nSPS) is 25.0. The van der Waals surface area contributed by atoms with E-state index in [2.05, 4.69) is 29.9 Å². The number of benzene rings is 3. The molecule has 4 N–H and O–H groups in total. The van der Waals surface area contributed by atoms with Gasteiger partial charge in [0, 0.05) is 0 Å². The lowest BCUT2D eigenvalue weighted by Crippen LogP contribution is -2.44. The summed E-state index contributed by atoms with van der Waals surface area (Å²) in [5.41, 5.74) is 8.31. The van der Waals surface area contributed by atoms with E-state index in [-0.39, 0.29) is 41.4 Å². The summed E-state index contributed by atoms with van der Waals surface area (Å²) in [7, 11) is 0. The Hall–Kier alpha value is -5.34. The van der Waals surface area contributed by atoms with Gasteiger partial charge >= 0.3 is 5.97 Å². The molecule has 0 saturated carbocycles. The maximum Gasteiger partial charge on any atom is 0.338 e. The number of ether oxygens (including phenoxy) is 5. The summed E-state index contributed by atoms with van der Waals surface area (Å²) < 4.78 is 34.2. The molecule has 0 spiro atoms. The standard InChI is InChI=1S/C27H26Cl2N4O4.C19H22ClN5O4/c1-3-19-21(37-24(34)18-12-8-5-9-13-18)27(2,15-35-14-17-10-6-4-7-11-17)25(36-19)33-16-30-20-22(28)31-26(29)32-23(20)33;1-19(9-28-8-11-5-3-2-4-6-11)14(27)12(7-26)29-17(19)25-10-22-13-15(21)23-18(20)24-16(13)25/h4-13,16,19,21,25H,3,14-15H2,1-2H3;2-6,10,12,14,17,26-27H,7-9H2,1H3,(H2,21,23,24)/t19-,21?,25-,27+;12-,14?,17-,19+/m11/s1. The van der Waals surface area contributed by atoms with Gasteiger partial charge < -0.3 is 39.6 Å². The van der Waals surface area contributed by atoms with Crippen molar-refractivity contribution < 1.29 is 38.7 Å². The van der Waals surface area contributed by atoms with Gasteiger partial charge in [-0.1, -0.05) is 104 Å². The molecule has 2 aliphatic heterocycles. The maximum absolute atomic E-state index is 13.1. The van der Waals surface area contributed by atoms with Crippen molar-refractivity contribution in [3.63, 3.8) is 0 Å². The number of esters is 1. The highest BCUT2D eigenvalue weighted by atomic mass is 35.5. The minimum Gasteiger partial charge on any atom is -0.455 e. The lowest BCUT2D eigenvalue weighted by atomic mass is 9.82. The fraction of sp³-hybridized carbons (Fsp3) is 0.370. The van der Waals surface area contributed by atoms with Crippen LogP contribution in [-0.2, 0) is 36.9 Å². The Bertz CT molecular complexity index is 2760. The molecule has 2 saturated heterocycles. The SMILES string of the molecule is CC[C@H]1O[C@@H](n2cnc3c(Cl)nc(Cl)nc32)[C@@](C)(COCc2ccccc2)C1OC(=O)c1ccccc1.C[C@]1(COCc2ccccc2)C(O)[C@@H](CO)O[C@H]1n1cnc2c(N)nc(Cl)nc21. The summed E-state index contributed by atoms with van der Waals surface area (Å²) in [4.78, 5) is 38.3. The largest absolute Gasteiger partial charge is 0.455 e. The quantitative estimate of drug-likeness (QED) is 0.0549. The predicted molar refractivity (Wildman–Crippen MR) is 245 cm³/mol. The molecule has 66 heavy (non-hydrogen) atoms. The molecule has 2 unspecified atom stereocenters. The number of hydrogen-bond donors (Lipinski definition) is 3.